The number of amides is 2. The maximum absolute atomic E-state index is 12.4. The largest absolute Gasteiger partial charge is 0.480 e. The molecule has 9 nitrogen and oxygen atoms in total. The van der Waals surface area contributed by atoms with Gasteiger partial charge in [-0.25, -0.2) is 9.78 Å². The predicted molar refractivity (Wildman–Crippen MR) is 86.9 cm³/mol. The molecule has 2 amide bonds. The van der Waals surface area contributed by atoms with Gasteiger partial charge in [0.1, 0.15) is 12.1 Å². The van der Waals surface area contributed by atoms with Gasteiger partial charge in [-0.1, -0.05) is 13.8 Å². The lowest BCUT2D eigenvalue weighted by atomic mass is 10.0. The number of aromatic amines is 1. The highest BCUT2D eigenvalue weighted by atomic mass is 16.4. The Morgan fingerprint density at radius 3 is 2.29 bits per heavy atom. The van der Waals surface area contributed by atoms with Crippen molar-refractivity contribution in [3.63, 3.8) is 0 Å². The van der Waals surface area contributed by atoms with Crippen molar-refractivity contribution in [1.29, 1.82) is 0 Å². The van der Waals surface area contributed by atoms with Gasteiger partial charge in [-0.15, -0.1) is 0 Å². The van der Waals surface area contributed by atoms with E-state index in [1.54, 1.807) is 0 Å². The molecule has 0 aliphatic carbocycles. The third kappa shape index (κ3) is 6.37. The topological polar surface area (TPSA) is 150 Å². The van der Waals surface area contributed by atoms with Crippen LogP contribution in [0.1, 0.15) is 32.9 Å². The molecule has 0 bridgehead atoms. The number of aliphatic carboxylic acids is 1. The SMILES string of the molecule is CC(C)C[C@H](NC(=O)[C@H](C)N)C(=O)N[C@@H](Cc1cnc[nH]1)C(=O)O. The molecule has 3 atom stereocenters. The van der Waals surface area contributed by atoms with Crippen molar-refractivity contribution in [2.75, 3.05) is 0 Å². The molecule has 9 heteroatoms. The second-order valence-corrected chi connectivity index (χ2v) is 6.16. The Morgan fingerprint density at radius 2 is 1.83 bits per heavy atom. The number of hydrogen-bond acceptors (Lipinski definition) is 5. The monoisotopic (exact) mass is 339 g/mol. The number of imidazole rings is 1. The third-order valence-corrected chi connectivity index (χ3v) is 3.35. The zero-order chi connectivity index (χ0) is 18.3. The number of carbonyl (C=O) groups excluding carboxylic acids is 2. The summed E-state index contributed by atoms with van der Waals surface area (Å²) in [7, 11) is 0. The number of nitrogens with one attached hydrogen (secondary N) is 3. The van der Waals surface area contributed by atoms with Crippen molar-refractivity contribution in [2.24, 2.45) is 11.7 Å². The molecule has 1 heterocycles. The van der Waals surface area contributed by atoms with Crippen LogP contribution in [0.5, 0.6) is 0 Å². The first-order chi connectivity index (χ1) is 11.2. The van der Waals surface area contributed by atoms with E-state index in [0.717, 1.165) is 0 Å². The molecular weight excluding hydrogens is 314 g/mol. The number of carboxylic acids is 1. The van der Waals surface area contributed by atoms with Crippen LogP contribution < -0.4 is 16.4 Å². The van der Waals surface area contributed by atoms with Gasteiger partial charge in [0.25, 0.3) is 0 Å². The van der Waals surface area contributed by atoms with Gasteiger partial charge < -0.3 is 26.5 Å². The Hall–Kier alpha value is -2.42. The molecule has 0 unspecified atom stereocenters. The predicted octanol–water partition coefficient (Wildman–Crippen LogP) is -0.600. The number of carboxylic acid groups (broad SMARTS) is 1. The molecule has 0 radical (unpaired) electrons. The van der Waals surface area contributed by atoms with Crippen LogP contribution in [0.25, 0.3) is 0 Å². The molecule has 1 aromatic rings. The van der Waals surface area contributed by atoms with Crippen LogP contribution in [0, 0.1) is 5.92 Å². The molecule has 1 rings (SSSR count). The highest BCUT2D eigenvalue weighted by Crippen LogP contribution is 2.07. The first kappa shape index (κ1) is 19.6. The Kier molecular flexibility index (Phi) is 7.37. The van der Waals surface area contributed by atoms with Gasteiger partial charge in [-0.3, -0.25) is 9.59 Å². The lowest BCUT2D eigenvalue weighted by molar-refractivity contribution is -0.142. The van der Waals surface area contributed by atoms with Crippen LogP contribution >= 0.6 is 0 Å². The molecule has 0 spiro atoms. The molecule has 6 N–H and O–H groups in total. The van der Waals surface area contributed by atoms with Gasteiger partial charge in [0.05, 0.1) is 12.4 Å². The molecular formula is C15H25N5O4. The average Bonchev–Trinajstić information content (AvgIpc) is 2.97. The average molecular weight is 339 g/mol. The summed E-state index contributed by atoms with van der Waals surface area (Å²) in [5.74, 6) is -2.05. The molecule has 0 saturated carbocycles. The van der Waals surface area contributed by atoms with E-state index in [2.05, 4.69) is 20.6 Å². The second kappa shape index (κ2) is 9.02. The summed E-state index contributed by atoms with van der Waals surface area (Å²) >= 11 is 0. The van der Waals surface area contributed by atoms with Gasteiger partial charge >= 0.3 is 5.97 Å². The van der Waals surface area contributed by atoms with Crippen molar-refractivity contribution in [3.8, 4) is 0 Å². The zero-order valence-corrected chi connectivity index (χ0v) is 14.1. The molecule has 0 aromatic carbocycles. The molecule has 0 aliphatic rings. The number of nitrogens with zero attached hydrogens (tertiary/aromatic N) is 1. The van der Waals surface area contributed by atoms with Gasteiger partial charge in [0.15, 0.2) is 0 Å². The molecule has 1 aromatic heterocycles. The summed E-state index contributed by atoms with van der Waals surface area (Å²) < 4.78 is 0. The Morgan fingerprint density at radius 1 is 1.21 bits per heavy atom. The van der Waals surface area contributed by atoms with E-state index in [9.17, 15) is 19.5 Å². The number of hydrogen-bond donors (Lipinski definition) is 5. The zero-order valence-electron chi connectivity index (χ0n) is 14.1. The van der Waals surface area contributed by atoms with E-state index in [4.69, 9.17) is 5.73 Å². The number of carbonyl (C=O) groups is 3. The first-order valence-corrected chi connectivity index (χ1v) is 7.77. The van der Waals surface area contributed by atoms with E-state index in [-0.39, 0.29) is 12.3 Å². The summed E-state index contributed by atoms with van der Waals surface area (Å²) in [6, 6.07) is -2.72. The Balaban J connectivity index is 2.78. The fraction of sp³-hybridized carbons (Fsp3) is 0.600. The normalized spacial score (nSPS) is 14.7. The highest BCUT2D eigenvalue weighted by Gasteiger charge is 2.28. The minimum atomic E-state index is -1.17. The lowest BCUT2D eigenvalue weighted by Crippen LogP contribution is -2.54. The Labute approximate surface area is 140 Å². The fourth-order valence-corrected chi connectivity index (χ4v) is 2.09. The molecule has 0 aliphatic heterocycles. The molecule has 0 saturated heterocycles. The van der Waals surface area contributed by atoms with Crippen LogP contribution in [0.15, 0.2) is 12.5 Å². The van der Waals surface area contributed by atoms with Crippen LogP contribution in [-0.2, 0) is 20.8 Å². The summed E-state index contributed by atoms with van der Waals surface area (Å²) in [5, 5.41) is 14.3. The highest BCUT2D eigenvalue weighted by molar-refractivity contribution is 5.91. The van der Waals surface area contributed by atoms with Crippen LogP contribution in [0.4, 0.5) is 0 Å². The molecule has 134 valence electrons. The van der Waals surface area contributed by atoms with E-state index in [1.165, 1.54) is 19.4 Å². The maximum atomic E-state index is 12.4. The smallest absolute Gasteiger partial charge is 0.326 e. The summed E-state index contributed by atoms with van der Waals surface area (Å²) in [4.78, 5) is 42.2. The number of nitrogens with two attached hydrogens (primary N) is 1. The van der Waals surface area contributed by atoms with Crippen molar-refractivity contribution < 1.29 is 19.5 Å². The number of H-pyrrole nitrogens is 1. The Bertz CT molecular complexity index is 556. The minimum Gasteiger partial charge on any atom is -0.480 e. The van der Waals surface area contributed by atoms with Crippen LogP contribution in [-0.4, -0.2) is 51.0 Å². The fourth-order valence-electron chi connectivity index (χ4n) is 2.09. The van der Waals surface area contributed by atoms with Crippen LogP contribution in [0.3, 0.4) is 0 Å². The van der Waals surface area contributed by atoms with Crippen LogP contribution in [0.2, 0.25) is 0 Å². The molecule has 0 fully saturated rings. The van der Waals surface area contributed by atoms with E-state index in [1.807, 2.05) is 13.8 Å². The van der Waals surface area contributed by atoms with E-state index < -0.39 is 35.9 Å². The van der Waals surface area contributed by atoms with Gasteiger partial charge in [-0.05, 0) is 19.3 Å². The standard InChI is InChI=1S/C15H25N5O4/c1-8(2)4-11(19-13(21)9(3)16)14(22)20-12(15(23)24)5-10-6-17-7-18-10/h6-9,11-12H,4-5,16H2,1-3H3,(H,17,18)(H,19,21)(H,20,22)(H,23,24)/t9-,11-,12-/m0/s1. The second-order valence-electron chi connectivity index (χ2n) is 6.16. The number of aromatic nitrogens is 2. The van der Waals surface area contributed by atoms with Crippen molar-refractivity contribution in [3.05, 3.63) is 18.2 Å². The van der Waals surface area contributed by atoms with Crippen molar-refractivity contribution >= 4 is 17.8 Å². The lowest BCUT2D eigenvalue weighted by Gasteiger charge is -2.23. The first-order valence-electron chi connectivity index (χ1n) is 7.77. The number of rotatable bonds is 9. The summed E-state index contributed by atoms with van der Waals surface area (Å²) in [6.45, 7) is 5.31. The summed E-state index contributed by atoms with van der Waals surface area (Å²) in [5.41, 5.74) is 6.09. The maximum Gasteiger partial charge on any atom is 0.326 e. The quantitative estimate of drug-likeness (QED) is 0.405. The minimum absolute atomic E-state index is 0.0662. The van der Waals surface area contributed by atoms with Crippen molar-refractivity contribution in [2.45, 2.75) is 51.7 Å². The molecule has 24 heavy (non-hydrogen) atoms. The van der Waals surface area contributed by atoms with E-state index >= 15 is 0 Å². The van der Waals surface area contributed by atoms with Gasteiger partial charge in [0.2, 0.25) is 11.8 Å². The van der Waals surface area contributed by atoms with Gasteiger partial charge in [0, 0.05) is 18.3 Å². The third-order valence-electron chi connectivity index (χ3n) is 3.35. The van der Waals surface area contributed by atoms with Crippen molar-refractivity contribution in [1.82, 2.24) is 20.6 Å². The van der Waals surface area contributed by atoms with E-state index in [0.29, 0.717) is 12.1 Å². The summed E-state index contributed by atoms with van der Waals surface area (Å²) in [6.07, 6.45) is 3.36. The van der Waals surface area contributed by atoms with Gasteiger partial charge in [-0.2, -0.15) is 0 Å².